The van der Waals surface area contributed by atoms with Crippen LogP contribution >= 0.6 is 0 Å². The van der Waals surface area contributed by atoms with Crippen LogP contribution < -0.4 is 5.32 Å². The SMILES string of the molecule is Cc1ccc(CN2CCN(CCn3cc(C(=O)NC(C)C)nn3)CC2)o1. The summed E-state index contributed by atoms with van der Waals surface area (Å²) >= 11 is 0. The van der Waals surface area contributed by atoms with Gasteiger partial charge in [-0.25, -0.2) is 0 Å². The standard InChI is InChI=1S/C18H28N6O2/c1-14(2)19-18(25)17-13-24(21-20-17)11-10-22-6-8-23(9-7-22)12-16-5-4-15(3)26-16/h4-5,13-14H,6-12H2,1-3H3,(H,19,25). The fourth-order valence-electron chi connectivity index (χ4n) is 3.05. The van der Waals surface area contributed by atoms with Crippen LogP contribution in [0.2, 0.25) is 0 Å². The van der Waals surface area contributed by atoms with Crippen molar-refractivity contribution >= 4 is 5.91 Å². The number of aryl methyl sites for hydroxylation is 1. The van der Waals surface area contributed by atoms with E-state index in [0.717, 1.165) is 57.3 Å². The van der Waals surface area contributed by atoms with Gasteiger partial charge in [0.25, 0.3) is 5.91 Å². The maximum absolute atomic E-state index is 11.9. The second kappa shape index (κ2) is 8.46. The minimum Gasteiger partial charge on any atom is -0.465 e. The number of carbonyl (C=O) groups is 1. The molecule has 0 aliphatic carbocycles. The summed E-state index contributed by atoms with van der Waals surface area (Å²) in [7, 11) is 0. The molecule has 26 heavy (non-hydrogen) atoms. The predicted octanol–water partition coefficient (Wildman–Crippen LogP) is 1.14. The molecule has 0 atom stereocenters. The Morgan fingerprint density at radius 1 is 1.19 bits per heavy atom. The number of hydrogen-bond donors (Lipinski definition) is 1. The maximum atomic E-state index is 11.9. The molecule has 1 aliphatic heterocycles. The summed E-state index contributed by atoms with van der Waals surface area (Å²) in [6.45, 7) is 12.4. The second-order valence-electron chi connectivity index (χ2n) is 7.13. The second-order valence-corrected chi connectivity index (χ2v) is 7.13. The Morgan fingerprint density at radius 3 is 2.58 bits per heavy atom. The molecule has 0 unspecified atom stereocenters. The molecule has 1 N–H and O–H groups in total. The number of rotatable bonds is 7. The molecule has 3 heterocycles. The van der Waals surface area contributed by atoms with Gasteiger partial charge in [-0.2, -0.15) is 0 Å². The molecule has 2 aromatic heterocycles. The monoisotopic (exact) mass is 360 g/mol. The number of nitrogens with zero attached hydrogens (tertiary/aromatic N) is 5. The fourth-order valence-corrected chi connectivity index (χ4v) is 3.05. The number of aromatic nitrogens is 3. The Morgan fingerprint density at radius 2 is 1.92 bits per heavy atom. The van der Waals surface area contributed by atoms with Crippen molar-refractivity contribution in [2.45, 2.75) is 39.9 Å². The summed E-state index contributed by atoms with van der Waals surface area (Å²) in [5, 5.41) is 10.8. The number of piperazine rings is 1. The molecule has 0 bridgehead atoms. The highest BCUT2D eigenvalue weighted by molar-refractivity contribution is 5.91. The van der Waals surface area contributed by atoms with Crippen molar-refractivity contribution in [3.8, 4) is 0 Å². The number of furan rings is 1. The Balaban J connectivity index is 1.40. The molecular weight excluding hydrogens is 332 g/mol. The average molecular weight is 360 g/mol. The Kier molecular flexibility index (Phi) is 6.05. The predicted molar refractivity (Wildman–Crippen MR) is 97.8 cm³/mol. The van der Waals surface area contributed by atoms with Gasteiger partial charge in [0.2, 0.25) is 0 Å². The van der Waals surface area contributed by atoms with Crippen molar-refractivity contribution in [1.29, 1.82) is 0 Å². The Bertz CT molecular complexity index is 715. The molecule has 0 radical (unpaired) electrons. The summed E-state index contributed by atoms with van der Waals surface area (Å²) in [6, 6.07) is 4.16. The van der Waals surface area contributed by atoms with Gasteiger partial charge in [0.15, 0.2) is 5.69 Å². The van der Waals surface area contributed by atoms with E-state index in [4.69, 9.17) is 4.42 Å². The lowest BCUT2D eigenvalue weighted by Gasteiger charge is -2.34. The van der Waals surface area contributed by atoms with Crippen LogP contribution in [0.15, 0.2) is 22.7 Å². The van der Waals surface area contributed by atoms with Crippen LogP contribution in [0.5, 0.6) is 0 Å². The van der Waals surface area contributed by atoms with Crippen molar-refractivity contribution in [2.75, 3.05) is 32.7 Å². The molecule has 1 saturated heterocycles. The summed E-state index contributed by atoms with van der Waals surface area (Å²) in [6.07, 6.45) is 1.72. The Hall–Kier alpha value is -2.19. The zero-order valence-corrected chi connectivity index (χ0v) is 15.8. The third kappa shape index (κ3) is 5.15. The van der Waals surface area contributed by atoms with E-state index in [2.05, 4.69) is 31.5 Å². The highest BCUT2D eigenvalue weighted by atomic mass is 16.3. The van der Waals surface area contributed by atoms with Crippen LogP contribution in [0.4, 0.5) is 0 Å². The molecule has 1 fully saturated rings. The highest BCUT2D eigenvalue weighted by Crippen LogP contribution is 2.11. The number of amides is 1. The van der Waals surface area contributed by atoms with Gasteiger partial charge in [-0.05, 0) is 32.9 Å². The van der Waals surface area contributed by atoms with Gasteiger partial charge in [-0.15, -0.1) is 5.10 Å². The molecule has 8 heteroatoms. The van der Waals surface area contributed by atoms with Crippen molar-refractivity contribution in [1.82, 2.24) is 30.1 Å². The van der Waals surface area contributed by atoms with E-state index in [-0.39, 0.29) is 11.9 Å². The zero-order chi connectivity index (χ0) is 18.5. The Labute approximate surface area is 154 Å². The van der Waals surface area contributed by atoms with E-state index < -0.39 is 0 Å². The molecule has 3 rings (SSSR count). The van der Waals surface area contributed by atoms with Crippen LogP contribution in [-0.2, 0) is 13.1 Å². The van der Waals surface area contributed by atoms with Gasteiger partial charge in [0.1, 0.15) is 11.5 Å². The molecule has 8 nitrogen and oxygen atoms in total. The number of carbonyl (C=O) groups excluding carboxylic acids is 1. The minimum atomic E-state index is -0.173. The lowest BCUT2D eigenvalue weighted by Crippen LogP contribution is -2.46. The fraction of sp³-hybridized carbons (Fsp3) is 0.611. The molecule has 142 valence electrons. The molecule has 0 spiro atoms. The van der Waals surface area contributed by atoms with E-state index >= 15 is 0 Å². The van der Waals surface area contributed by atoms with Crippen LogP contribution in [0.25, 0.3) is 0 Å². The first kappa shape index (κ1) is 18.6. The quantitative estimate of drug-likeness (QED) is 0.798. The first-order chi connectivity index (χ1) is 12.5. The van der Waals surface area contributed by atoms with Gasteiger partial charge in [0.05, 0.1) is 19.3 Å². The van der Waals surface area contributed by atoms with Crippen molar-refractivity contribution in [2.24, 2.45) is 0 Å². The minimum absolute atomic E-state index is 0.0917. The molecular formula is C18H28N6O2. The number of nitrogens with one attached hydrogen (secondary N) is 1. The average Bonchev–Trinajstić information content (AvgIpc) is 3.23. The first-order valence-electron chi connectivity index (χ1n) is 9.20. The van der Waals surface area contributed by atoms with E-state index in [1.807, 2.05) is 26.8 Å². The van der Waals surface area contributed by atoms with Crippen LogP contribution in [-0.4, -0.2) is 69.5 Å². The van der Waals surface area contributed by atoms with Crippen molar-refractivity contribution < 1.29 is 9.21 Å². The lowest BCUT2D eigenvalue weighted by molar-refractivity contribution is 0.0938. The van der Waals surface area contributed by atoms with Crippen LogP contribution in [0.3, 0.4) is 0 Å². The van der Waals surface area contributed by atoms with E-state index in [1.165, 1.54) is 0 Å². The van der Waals surface area contributed by atoms with E-state index in [1.54, 1.807) is 10.9 Å². The molecule has 0 saturated carbocycles. The smallest absolute Gasteiger partial charge is 0.273 e. The molecule has 1 aliphatic rings. The van der Waals surface area contributed by atoms with Crippen LogP contribution in [0.1, 0.15) is 35.9 Å². The van der Waals surface area contributed by atoms with Crippen LogP contribution in [0, 0.1) is 6.92 Å². The zero-order valence-electron chi connectivity index (χ0n) is 15.8. The number of hydrogen-bond acceptors (Lipinski definition) is 6. The molecule has 2 aromatic rings. The van der Waals surface area contributed by atoms with Crippen molar-refractivity contribution in [3.05, 3.63) is 35.5 Å². The van der Waals surface area contributed by atoms with Gasteiger partial charge in [-0.3, -0.25) is 19.3 Å². The largest absolute Gasteiger partial charge is 0.465 e. The summed E-state index contributed by atoms with van der Waals surface area (Å²) in [4.78, 5) is 16.7. The third-order valence-corrected chi connectivity index (χ3v) is 4.48. The summed E-state index contributed by atoms with van der Waals surface area (Å²) in [5.41, 5.74) is 0.372. The van der Waals surface area contributed by atoms with Gasteiger partial charge in [-0.1, -0.05) is 5.21 Å². The van der Waals surface area contributed by atoms with Gasteiger partial charge < -0.3 is 9.73 Å². The van der Waals surface area contributed by atoms with Gasteiger partial charge >= 0.3 is 0 Å². The highest BCUT2D eigenvalue weighted by Gasteiger charge is 2.18. The topological polar surface area (TPSA) is 79.4 Å². The summed E-state index contributed by atoms with van der Waals surface area (Å²) < 4.78 is 7.40. The lowest BCUT2D eigenvalue weighted by atomic mass is 10.3. The summed E-state index contributed by atoms with van der Waals surface area (Å²) in [5.74, 6) is 1.83. The van der Waals surface area contributed by atoms with E-state index in [0.29, 0.717) is 5.69 Å². The first-order valence-corrected chi connectivity index (χ1v) is 9.20. The van der Waals surface area contributed by atoms with Gasteiger partial charge in [0, 0.05) is 38.8 Å². The third-order valence-electron chi connectivity index (χ3n) is 4.48. The molecule has 1 amide bonds. The normalized spacial score (nSPS) is 16.3. The van der Waals surface area contributed by atoms with Crippen molar-refractivity contribution in [3.63, 3.8) is 0 Å². The van der Waals surface area contributed by atoms with E-state index in [9.17, 15) is 4.79 Å². The maximum Gasteiger partial charge on any atom is 0.273 e. The molecule has 0 aromatic carbocycles.